The van der Waals surface area contributed by atoms with E-state index < -0.39 is 23.3 Å². The Labute approximate surface area is 110 Å². The average Bonchev–Trinajstić information content (AvgIpc) is 2.27. The van der Waals surface area contributed by atoms with E-state index in [1.54, 1.807) is 20.8 Å². The third kappa shape index (κ3) is 4.48. The Morgan fingerprint density at radius 2 is 1.95 bits per heavy atom. The van der Waals surface area contributed by atoms with Crippen LogP contribution in [0.2, 0.25) is 0 Å². The van der Waals surface area contributed by atoms with E-state index in [2.05, 4.69) is 0 Å². The molecule has 0 heterocycles. The Morgan fingerprint density at radius 1 is 1.32 bits per heavy atom. The molecule has 0 unspecified atom stereocenters. The fourth-order valence-corrected chi connectivity index (χ4v) is 1.40. The van der Waals surface area contributed by atoms with Gasteiger partial charge in [0.2, 0.25) is 0 Å². The zero-order valence-corrected chi connectivity index (χ0v) is 11.1. The first-order valence-electron chi connectivity index (χ1n) is 5.81. The smallest absolute Gasteiger partial charge is 0.414 e. The van der Waals surface area contributed by atoms with E-state index in [0.29, 0.717) is 0 Å². The molecule has 1 N–H and O–H groups in total. The molecule has 0 aliphatic rings. The number of ether oxygens (including phenoxy) is 1. The molecular weight excluding hydrogens is 256 g/mol. The first-order valence-corrected chi connectivity index (χ1v) is 5.81. The van der Waals surface area contributed by atoms with Crippen LogP contribution >= 0.6 is 0 Å². The number of benzene rings is 1. The Kier molecular flexibility index (Phi) is 4.83. The molecule has 0 saturated heterocycles. The number of rotatable bonds is 3. The van der Waals surface area contributed by atoms with Crippen molar-refractivity contribution in [2.75, 3.05) is 18.1 Å². The summed E-state index contributed by atoms with van der Waals surface area (Å²) >= 11 is 0. The van der Waals surface area contributed by atoms with Crippen molar-refractivity contribution in [2.24, 2.45) is 0 Å². The predicted molar refractivity (Wildman–Crippen MR) is 67.0 cm³/mol. The molecule has 0 fully saturated rings. The topological polar surface area (TPSA) is 49.8 Å². The van der Waals surface area contributed by atoms with Crippen LogP contribution < -0.4 is 4.90 Å². The van der Waals surface area contributed by atoms with Crippen molar-refractivity contribution >= 4 is 11.8 Å². The van der Waals surface area contributed by atoms with Crippen LogP contribution in [0.3, 0.4) is 0 Å². The average molecular weight is 273 g/mol. The fraction of sp³-hybridized carbons (Fsp3) is 0.462. The van der Waals surface area contributed by atoms with Gasteiger partial charge in [0, 0.05) is 6.07 Å². The lowest BCUT2D eigenvalue weighted by Gasteiger charge is -2.27. The third-order valence-electron chi connectivity index (χ3n) is 2.15. The van der Waals surface area contributed by atoms with Gasteiger partial charge in [0.15, 0.2) is 11.6 Å². The summed E-state index contributed by atoms with van der Waals surface area (Å²) in [5.41, 5.74) is -0.592. The van der Waals surface area contributed by atoms with E-state index in [4.69, 9.17) is 9.84 Å². The Morgan fingerprint density at radius 3 is 2.42 bits per heavy atom. The van der Waals surface area contributed by atoms with Crippen LogP contribution in [0.15, 0.2) is 18.2 Å². The zero-order valence-electron chi connectivity index (χ0n) is 11.1. The SMILES string of the molecule is CC(C)(C)OC(=O)N(CCO)c1ccc(F)c(F)c1. The van der Waals surface area contributed by atoms with E-state index in [0.717, 1.165) is 17.0 Å². The predicted octanol–water partition coefficient (Wildman–Crippen LogP) is 2.70. The molecule has 6 heteroatoms. The van der Waals surface area contributed by atoms with Crippen molar-refractivity contribution in [3.8, 4) is 0 Å². The lowest BCUT2D eigenvalue weighted by atomic mass is 10.2. The minimum atomic E-state index is -1.07. The second-order valence-electron chi connectivity index (χ2n) is 4.95. The van der Waals surface area contributed by atoms with Gasteiger partial charge in [-0.3, -0.25) is 4.90 Å². The molecule has 0 aromatic heterocycles. The summed E-state index contributed by atoms with van der Waals surface area (Å²) in [6.07, 6.45) is -0.729. The van der Waals surface area contributed by atoms with Gasteiger partial charge in [-0.2, -0.15) is 0 Å². The van der Waals surface area contributed by atoms with Crippen molar-refractivity contribution in [2.45, 2.75) is 26.4 Å². The molecule has 1 aromatic rings. The van der Waals surface area contributed by atoms with Gasteiger partial charge in [-0.1, -0.05) is 0 Å². The molecule has 0 atom stereocenters. The van der Waals surface area contributed by atoms with Crippen molar-refractivity contribution in [3.63, 3.8) is 0 Å². The van der Waals surface area contributed by atoms with Crippen molar-refractivity contribution < 1.29 is 23.4 Å². The minimum absolute atomic E-state index is 0.0695. The summed E-state index contributed by atoms with van der Waals surface area (Å²) in [6.45, 7) is 4.67. The third-order valence-corrected chi connectivity index (χ3v) is 2.15. The molecule has 1 rings (SSSR count). The first-order chi connectivity index (χ1) is 8.74. The molecule has 1 amide bonds. The molecule has 0 saturated carbocycles. The number of hydrogen-bond donors (Lipinski definition) is 1. The number of halogens is 2. The number of anilines is 1. The fourth-order valence-electron chi connectivity index (χ4n) is 1.40. The number of aliphatic hydroxyl groups excluding tert-OH is 1. The number of aliphatic hydroxyl groups is 1. The maximum Gasteiger partial charge on any atom is 0.414 e. The van der Waals surface area contributed by atoms with Gasteiger partial charge in [0.05, 0.1) is 18.8 Å². The maximum atomic E-state index is 13.2. The summed E-state index contributed by atoms with van der Waals surface area (Å²) in [5.74, 6) is -2.07. The normalized spacial score (nSPS) is 11.3. The van der Waals surface area contributed by atoms with Crippen molar-refractivity contribution in [1.82, 2.24) is 0 Å². The van der Waals surface area contributed by atoms with Crippen LogP contribution in [0.5, 0.6) is 0 Å². The van der Waals surface area contributed by atoms with Gasteiger partial charge in [0.1, 0.15) is 5.60 Å². The minimum Gasteiger partial charge on any atom is -0.443 e. The van der Waals surface area contributed by atoms with E-state index >= 15 is 0 Å². The first kappa shape index (κ1) is 15.4. The molecule has 106 valence electrons. The lowest BCUT2D eigenvalue weighted by molar-refractivity contribution is 0.0573. The second kappa shape index (κ2) is 5.97. The summed E-state index contributed by atoms with van der Waals surface area (Å²) < 4.78 is 31.2. The molecule has 0 bridgehead atoms. The molecule has 19 heavy (non-hydrogen) atoms. The molecule has 0 aliphatic heterocycles. The van der Waals surface area contributed by atoms with Crippen LogP contribution in [-0.2, 0) is 4.74 Å². The van der Waals surface area contributed by atoms with Gasteiger partial charge in [-0.05, 0) is 32.9 Å². The number of carbonyl (C=O) groups is 1. The van der Waals surface area contributed by atoms with Gasteiger partial charge < -0.3 is 9.84 Å². The Balaban J connectivity index is 2.99. The lowest BCUT2D eigenvalue weighted by Crippen LogP contribution is -2.38. The largest absolute Gasteiger partial charge is 0.443 e. The highest BCUT2D eigenvalue weighted by molar-refractivity contribution is 5.87. The summed E-state index contributed by atoms with van der Waals surface area (Å²) in [5, 5.41) is 8.95. The van der Waals surface area contributed by atoms with E-state index in [1.165, 1.54) is 6.07 Å². The number of nitrogens with zero attached hydrogens (tertiary/aromatic N) is 1. The highest BCUT2D eigenvalue weighted by atomic mass is 19.2. The molecule has 0 aliphatic carbocycles. The standard InChI is InChI=1S/C13H17F2NO3/c1-13(2,3)19-12(18)16(6-7-17)9-4-5-10(14)11(15)8-9/h4-5,8,17H,6-7H2,1-3H3. The van der Waals surface area contributed by atoms with Gasteiger partial charge in [0.25, 0.3) is 0 Å². The van der Waals surface area contributed by atoms with Gasteiger partial charge in [-0.25, -0.2) is 13.6 Å². The van der Waals surface area contributed by atoms with E-state index in [-0.39, 0.29) is 18.8 Å². The monoisotopic (exact) mass is 273 g/mol. The van der Waals surface area contributed by atoms with Crippen LogP contribution in [0.1, 0.15) is 20.8 Å². The van der Waals surface area contributed by atoms with Crippen molar-refractivity contribution in [3.05, 3.63) is 29.8 Å². The molecule has 0 radical (unpaired) electrons. The summed E-state index contributed by atoms with van der Waals surface area (Å²) in [7, 11) is 0. The maximum absolute atomic E-state index is 13.2. The number of amides is 1. The molecular formula is C13H17F2NO3. The number of hydrogen-bond acceptors (Lipinski definition) is 3. The van der Waals surface area contributed by atoms with Crippen LogP contribution in [0.4, 0.5) is 19.3 Å². The zero-order chi connectivity index (χ0) is 14.6. The number of carbonyl (C=O) groups excluding carboxylic acids is 1. The van der Waals surface area contributed by atoms with Crippen LogP contribution in [0, 0.1) is 11.6 Å². The second-order valence-corrected chi connectivity index (χ2v) is 4.95. The Bertz CT molecular complexity index is 458. The van der Waals surface area contributed by atoms with Crippen LogP contribution in [0.25, 0.3) is 0 Å². The van der Waals surface area contributed by atoms with E-state index in [9.17, 15) is 13.6 Å². The molecule has 4 nitrogen and oxygen atoms in total. The summed E-state index contributed by atoms with van der Waals surface area (Å²) in [6, 6.07) is 3.05. The van der Waals surface area contributed by atoms with Crippen molar-refractivity contribution in [1.29, 1.82) is 0 Å². The summed E-state index contributed by atoms with van der Waals surface area (Å²) in [4.78, 5) is 13.0. The van der Waals surface area contributed by atoms with Crippen LogP contribution in [-0.4, -0.2) is 30.0 Å². The van der Waals surface area contributed by atoms with E-state index in [1.807, 2.05) is 0 Å². The van der Waals surface area contributed by atoms with Gasteiger partial charge in [-0.15, -0.1) is 0 Å². The van der Waals surface area contributed by atoms with Gasteiger partial charge >= 0.3 is 6.09 Å². The highest BCUT2D eigenvalue weighted by Gasteiger charge is 2.23. The quantitative estimate of drug-likeness (QED) is 0.921. The molecule has 1 aromatic carbocycles. The Hall–Kier alpha value is -1.69. The highest BCUT2D eigenvalue weighted by Crippen LogP contribution is 2.20. The molecule has 0 spiro atoms.